The molecule has 4 rings (SSSR count). The third kappa shape index (κ3) is 5.79. The molecule has 1 N–H and O–H groups in total. The van der Waals surface area contributed by atoms with Gasteiger partial charge in [0, 0.05) is 11.1 Å². The topological polar surface area (TPSA) is 63.3 Å². The zero-order valence-electron chi connectivity index (χ0n) is 19.4. The highest BCUT2D eigenvalue weighted by Crippen LogP contribution is 2.31. The molecule has 0 radical (unpaired) electrons. The predicted molar refractivity (Wildman–Crippen MR) is 131 cm³/mol. The molecule has 4 aromatic rings. The van der Waals surface area contributed by atoms with Crippen LogP contribution in [0, 0.1) is 18.7 Å². The molecule has 0 bridgehead atoms. The molecule has 0 spiro atoms. The number of aliphatic carboxylic acids is 1. The van der Waals surface area contributed by atoms with Gasteiger partial charge in [-0.2, -0.15) is 0 Å². The second-order valence-electron chi connectivity index (χ2n) is 8.90. The van der Waals surface area contributed by atoms with Gasteiger partial charge >= 0.3 is 5.97 Å². The lowest BCUT2D eigenvalue weighted by molar-refractivity contribution is -0.136. The summed E-state index contributed by atoms with van der Waals surface area (Å²) in [5.41, 5.74) is 6.84. The molecule has 5 heteroatoms. The van der Waals surface area contributed by atoms with Crippen molar-refractivity contribution < 1.29 is 18.8 Å². The van der Waals surface area contributed by atoms with Crippen LogP contribution < -0.4 is 0 Å². The first-order valence-corrected chi connectivity index (χ1v) is 11.5. The summed E-state index contributed by atoms with van der Waals surface area (Å²) >= 11 is 0. The van der Waals surface area contributed by atoms with Gasteiger partial charge in [-0.1, -0.05) is 72.7 Å². The molecule has 0 amide bonds. The number of hydrogen-bond acceptors (Lipinski definition) is 3. The van der Waals surface area contributed by atoms with Crippen molar-refractivity contribution in [3.05, 3.63) is 101 Å². The second kappa shape index (κ2) is 10.5. The van der Waals surface area contributed by atoms with Gasteiger partial charge in [-0.05, 0) is 66.5 Å². The third-order valence-corrected chi connectivity index (χ3v) is 6.14. The standard InChI is InChI=1S/C29H28FNO3/c1-19(6-7-21-4-3-5-26(30)17-21)16-27-20(2)31-34-29(27)25-14-12-24(13-15-25)23-10-8-22(9-11-23)18-28(32)33/h3-5,8-15,17,19H,6-7,16,18H2,1-2H3,(H,32,33). The van der Waals surface area contributed by atoms with Gasteiger partial charge in [0.2, 0.25) is 0 Å². The number of benzene rings is 3. The molecule has 0 saturated heterocycles. The Morgan fingerprint density at radius 2 is 1.62 bits per heavy atom. The van der Waals surface area contributed by atoms with Crippen molar-refractivity contribution in [2.45, 2.75) is 39.5 Å². The Labute approximate surface area is 199 Å². The molecule has 1 atom stereocenters. The van der Waals surface area contributed by atoms with E-state index in [0.29, 0.717) is 5.92 Å². The fraction of sp³-hybridized carbons (Fsp3) is 0.241. The third-order valence-electron chi connectivity index (χ3n) is 6.14. The lowest BCUT2D eigenvalue weighted by Crippen LogP contribution is -2.03. The number of carbonyl (C=O) groups is 1. The Balaban J connectivity index is 1.45. The summed E-state index contributed by atoms with van der Waals surface area (Å²) in [7, 11) is 0. The summed E-state index contributed by atoms with van der Waals surface area (Å²) in [6.45, 7) is 4.17. The Morgan fingerprint density at radius 3 is 2.26 bits per heavy atom. The van der Waals surface area contributed by atoms with Crippen LogP contribution in [0.25, 0.3) is 22.5 Å². The fourth-order valence-electron chi connectivity index (χ4n) is 4.22. The van der Waals surface area contributed by atoms with E-state index in [-0.39, 0.29) is 12.2 Å². The van der Waals surface area contributed by atoms with Crippen LogP contribution in [0.15, 0.2) is 77.3 Å². The molecule has 0 aliphatic heterocycles. The quantitative estimate of drug-likeness (QED) is 0.297. The van der Waals surface area contributed by atoms with Gasteiger partial charge in [0.15, 0.2) is 5.76 Å². The molecule has 0 aliphatic rings. The Kier molecular flexibility index (Phi) is 7.21. The first kappa shape index (κ1) is 23.4. The minimum absolute atomic E-state index is 0.0213. The summed E-state index contributed by atoms with van der Waals surface area (Å²) in [4.78, 5) is 10.9. The van der Waals surface area contributed by atoms with Crippen LogP contribution in [0.5, 0.6) is 0 Å². The van der Waals surface area contributed by atoms with E-state index in [4.69, 9.17) is 9.63 Å². The number of hydrogen-bond donors (Lipinski definition) is 1. The molecule has 3 aromatic carbocycles. The molecule has 174 valence electrons. The lowest BCUT2D eigenvalue weighted by atomic mass is 9.92. The normalized spacial score (nSPS) is 12.0. The minimum atomic E-state index is -0.835. The smallest absolute Gasteiger partial charge is 0.307 e. The number of halogens is 1. The van der Waals surface area contributed by atoms with E-state index in [0.717, 1.165) is 64.1 Å². The molecule has 0 fully saturated rings. The minimum Gasteiger partial charge on any atom is -0.481 e. The number of carboxylic acids is 1. The highest BCUT2D eigenvalue weighted by molar-refractivity contribution is 5.72. The second-order valence-corrected chi connectivity index (χ2v) is 8.90. The SMILES string of the molecule is Cc1noc(-c2ccc(-c3ccc(CC(=O)O)cc3)cc2)c1CC(C)CCc1cccc(F)c1. The van der Waals surface area contributed by atoms with Crippen LogP contribution in [0.2, 0.25) is 0 Å². The molecular formula is C29H28FNO3. The molecule has 0 aliphatic carbocycles. The molecule has 4 nitrogen and oxygen atoms in total. The number of carboxylic acid groups (broad SMARTS) is 1. The van der Waals surface area contributed by atoms with Crippen LogP contribution in [-0.2, 0) is 24.1 Å². The predicted octanol–water partition coefficient (Wildman–Crippen LogP) is 6.89. The zero-order chi connectivity index (χ0) is 24.1. The molecule has 0 saturated carbocycles. The van der Waals surface area contributed by atoms with Crippen molar-refractivity contribution in [1.29, 1.82) is 0 Å². The number of aromatic nitrogens is 1. The van der Waals surface area contributed by atoms with Gasteiger partial charge in [-0.15, -0.1) is 0 Å². The van der Waals surface area contributed by atoms with Crippen molar-refractivity contribution in [1.82, 2.24) is 5.16 Å². The molecule has 34 heavy (non-hydrogen) atoms. The van der Waals surface area contributed by atoms with Crippen LogP contribution >= 0.6 is 0 Å². The maximum absolute atomic E-state index is 13.4. The fourth-order valence-corrected chi connectivity index (χ4v) is 4.22. The average Bonchev–Trinajstić information content (AvgIpc) is 3.18. The first-order chi connectivity index (χ1) is 16.4. The number of aryl methyl sites for hydroxylation is 2. The Morgan fingerprint density at radius 1 is 0.971 bits per heavy atom. The maximum atomic E-state index is 13.4. The first-order valence-electron chi connectivity index (χ1n) is 11.5. The van der Waals surface area contributed by atoms with Gasteiger partial charge in [-0.3, -0.25) is 4.79 Å². The molecule has 1 aromatic heterocycles. The average molecular weight is 458 g/mol. The van der Waals surface area contributed by atoms with Crippen molar-refractivity contribution in [3.63, 3.8) is 0 Å². The van der Waals surface area contributed by atoms with Crippen molar-refractivity contribution in [2.24, 2.45) is 5.92 Å². The van der Waals surface area contributed by atoms with Gasteiger partial charge in [0.25, 0.3) is 0 Å². The van der Waals surface area contributed by atoms with E-state index in [1.165, 1.54) is 6.07 Å². The molecule has 1 unspecified atom stereocenters. The monoisotopic (exact) mass is 457 g/mol. The molecule has 1 heterocycles. The Hall–Kier alpha value is -3.73. The summed E-state index contributed by atoms with van der Waals surface area (Å²) in [6.07, 6.45) is 2.64. The van der Waals surface area contributed by atoms with E-state index in [1.54, 1.807) is 12.1 Å². The van der Waals surface area contributed by atoms with Gasteiger partial charge in [0.05, 0.1) is 12.1 Å². The zero-order valence-corrected chi connectivity index (χ0v) is 19.4. The largest absolute Gasteiger partial charge is 0.481 e. The van der Waals surface area contributed by atoms with Crippen molar-refractivity contribution in [3.8, 4) is 22.5 Å². The van der Waals surface area contributed by atoms with E-state index in [2.05, 4.69) is 12.1 Å². The van der Waals surface area contributed by atoms with E-state index < -0.39 is 5.97 Å². The van der Waals surface area contributed by atoms with Crippen LogP contribution in [0.1, 0.15) is 35.7 Å². The number of nitrogens with zero attached hydrogens (tertiary/aromatic N) is 1. The lowest BCUT2D eigenvalue weighted by Gasteiger charge is -2.12. The van der Waals surface area contributed by atoms with E-state index in [9.17, 15) is 9.18 Å². The van der Waals surface area contributed by atoms with Gasteiger partial charge in [0.1, 0.15) is 5.82 Å². The highest BCUT2D eigenvalue weighted by atomic mass is 19.1. The van der Waals surface area contributed by atoms with Crippen LogP contribution in [0.4, 0.5) is 4.39 Å². The summed E-state index contributed by atoms with van der Waals surface area (Å²) < 4.78 is 19.2. The van der Waals surface area contributed by atoms with Crippen molar-refractivity contribution in [2.75, 3.05) is 0 Å². The summed E-state index contributed by atoms with van der Waals surface area (Å²) in [5.74, 6) is 0.155. The van der Waals surface area contributed by atoms with Crippen LogP contribution in [-0.4, -0.2) is 16.2 Å². The van der Waals surface area contributed by atoms with E-state index in [1.807, 2.05) is 61.5 Å². The van der Waals surface area contributed by atoms with Crippen LogP contribution in [0.3, 0.4) is 0 Å². The number of rotatable bonds is 9. The molecular weight excluding hydrogens is 429 g/mol. The maximum Gasteiger partial charge on any atom is 0.307 e. The van der Waals surface area contributed by atoms with Crippen molar-refractivity contribution >= 4 is 5.97 Å². The van der Waals surface area contributed by atoms with Gasteiger partial charge < -0.3 is 9.63 Å². The summed E-state index contributed by atoms with van der Waals surface area (Å²) in [5, 5.41) is 13.2. The van der Waals surface area contributed by atoms with Gasteiger partial charge in [-0.25, -0.2) is 4.39 Å². The summed E-state index contributed by atoms with van der Waals surface area (Å²) in [6, 6.07) is 22.5. The Bertz CT molecular complexity index is 1260. The van der Waals surface area contributed by atoms with E-state index >= 15 is 0 Å². The highest BCUT2D eigenvalue weighted by Gasteiger charge is 2.18.